The highest BCUT2D eigenvalue weighted by molar-refractivity contribution is 6.07. The number of amides is 1. The number of hydrogen-bond donors (Lipinski definition) is 2. The van der Waals surface area contributed by atoms with E-state index in [0.717, 1.165) is 35.9 Å². The third kappa shape index (κ3) is 3.40. The lowest BCUT2D eigenvalue weighted by molar-refractivity contribution is 0.102. The van der Waals surface area contributed by atoms with Crippen molar-refractivity contribution < 1.29 is 9.53 Å². The van der Waals surface area contributed by atoms with Crippen LogP contribution in [0.5, 0.6) is 5.75 Å². The molecule has 0 spiro atoms. The summed E-state index contributed by atoms with van der Waals surface area (Å²) in [6.45, 7) is 0. The molecule has 0 saturated heterocycles. The molecule has 0 aliphatic heterocycles. The summed E-state index contributed by atoms with van der Waals surface area (Å²) in [6, 6.07) is 14.9. The van der Waals surface area contributed by atoms with Crippen LogP contribution in [0.25, 0.3) is 10.9 Å². The van der Waals surface area contributed by atoms with E-state index in [4.69, 9.17) is 4.74 Å². The largest absolute Gasteiger partial charge is 0.486 e. The summed E-state index contributed by atoms with van der Waals surface area (Å²) in [5.74, 6) is 1.10. The molecule has 5 heteroatoms. The molecule has 0 fully saturated rings. The SMILES string of the molecule is O=C(Nc1n[nH]c2ccc(OC3C=CCCC3)cc12)c1ccccc1. The minimum atomic E-state index is -0.185. The molecule has 25 heavy (non-hydrogen) atoms. The van der Waals surface area contributed by atoms with Gasteiger partial charge < -0.3 is 10.1 Å². The van der Waals surface area contributed by atoms with Crippen molar-refractivity contribution in [2.24, 2.45) is 0 Å². The monoisotopic (exact) mass is 333 g/mol. The van der Waals surface area contributed by atoms with E-state index in [1.807, 2.05) is 36.4 Å². The van der Waals surface area contributed by atoms with Crippen LogP contribution >= 0.6 is 0 Å². The van der Waals surface area contributed by atoms with Crippen molar-refractivity contribution in [1.82, 2.24) is 10.2 Å². The average molecular weight is 333 g/mol. The van der Waals surface area contributed by atoms with Gasteiger partial charge in [-0.15, -0.1) is 0 Å². The van der Waals surface area contributed by atoms with Crippen LogP contribution < -0.4 is 10.1 Å². The number of nitrogens with one attached hydrogen (secondary N) is 2. The number of ether oxygens (including phenoxy) is 1. The van der Waals surface area contributed by atoms with Gasteiger partial charge in [0.25, 0.3) is 5.91 Å². The van der Waals surface area contributed by atoms with Gasteiger partial charge in [0, 0.05) is 10.9 Å². The minimum Gasteiger partial charge on any atom is -0.486 e. The maximum atomic E-state index is 12.4. The number of benzene rings is 2. The van der Waals surface area contributed by atoms with Crippen molar-refractivity contribution in [2.75, 3.05) is 5.32 Å². The first-order valence-corrected chi connectivity index (χ1v) is 8.47. The summed E-state index contributed by atoms with van der Waals surface area (Å²) in [7, 11) is 0. The van der Waals surface area contributed by atoms with Crippen LogP contribution in [0.3, 0.4) is 0 Å². The summed E-state index contributed by atoms with van der Waals surface area (Å²) in [6.07, 6.45) is 7.68. The van der Waals surface area contributed by atoms with Gasteiger partial charge in [-0.1, -0.05) is 24.3 Å². The Balaban J connectivity index is 1.57. The molecule has 126 valence electrons. The van der Waals surface area contributed by atoms with Crippen molar-refractivity contribution in [2.45, 2.75) is 25.4 Å². The van der Waals surface area contributed by atoms with Crippen LogP contribution in [-0.4, -0.2) is 22.2 Å². The Labute approximate surface area is 145 Å². The zero-order valence-electron chi connectivity index (χ0n) is 13.7. The Morgan fingerprint density at radius 2 is 2.08 bits per heavy atom. The third-order valence-corrected chi connectivity index (χ3v) is 4.30. The van der Waals surface area contributed by atoms with E-state index in [1.54, 1.807) is 12.1 Å². The van der Waals surface area contributed by atoms with Crippen LogP contribution in [0.4, 0.5) is 5.82 Å². The van der Waals surface area contributed by atoms with Gasteiger partial charge in [-0.05, 0) is 55.7 Å². The zero-order chi connectivity index (χ0) is 17.1. The highest BCUT2D eigenvalue weighted by Gasteiger charge is 2.14. The summed E-state index contributed by atoms with van der Waals surface area (Å²) in [5.41, 5.74) is 1.45. The number of allylic oxidation sites excluding steroid dienone is 1. The molecule has 1 aromatic heterocycles. The number of aromatic nitrogens is 2. The highest BCUT2D eigenvalue weighted by Crippen LogP contribution is 2.27. The van der Waals surface area contributed by atoms with Crippen LogP contribution in [-0.2, 0) is 0 Å². The maximum Gasteiger partial charge on any atom is 0.256 e. The van der Waals surface area contributed by atoms with E-state index in [1.165, 1.54) is 0 Å². The zero-order valence-corrected chi connectivity index (χ0v) is 13.7. The number of hydrogen-bond acceptors (Lipinski definition) is 3. The standard InChI is InChI=1S/C20H19N3O2/c24-20(14-7-3-1-4-8-14)21-19-17-13-16(11-12-18(17)22-23-19)25-15-9-5-2-6-10-15/h1,3-5,7-9,11-13,15H,2,6,10H2,(H2,21,22,23,24). The van der Waals surface area contributed by atoms with Crippen molar-refractivity contribution in [3.63, 3.8) is 0 Å². The number of nitrogens with zero attached hydrogens (tertiary/aromatic N) is 1. The lowest BCUT2D eigenvalue weighted by Gasteiger charge is -2.18. The average Bonchev–Trinajstić information content (AvgIpc) is 3.05. The van der Waals surface area contributed by atoms with E-state index in [2.05, 4.69) is 27.7 Å². The second-order valence-electron chi connectivity index (χ2n) is 6.12. The predicted octanol–water partition coefficient (Wildman–Crippen LogP) is 4.30. The second-order valence-corrected chi connectivity index (χ2v) is 6.12. The Kier molecular flexibility index (Phi) is 4.21. The fraction of sp³-hybridized carbons (Fsp3) is 0.200. The smallest absolute Gasteiger partial charge is 0.256 e. The van der Waals surface area contributed by atoms with Crippen molar-refractivity contribution in [1.29, 1.82) is 0 Å². The molecular formula is C20H19N3O2. The summed E-state index contributed by atoms with van der Waals surface area (Å²) >= 11 is 0. The quantitative estimate of drug-likeness (QED) is 0.699. The molecular weight excluding hydrogens is 314 g/mol. The Bertz CT molecular complexity index is 915. The van der Waals surface area contributed by atoms with Crippen LogP contribution in [0.2, 0.25) is 0 Å². The Morgan fingerprint density at radius 3 is 2.88 bits per heavy atom. The number of H-pyrrole nitrogens is 1. The molecule has 0 bridgehead atoms. The van der Waals surface area contributed by atoms with E-state index in [-0.39, 0.29) is 12.0 Å². The molecule has 2 N–H and O–H groups in total. The number of carbonyl (C=O) groups is 1. The van der Waals surface area contributed by atoms with Gasteiger partial charge >= 0.3 is 0 Å². The first kappa shape index (κ1) is 15.4. The molecule has 1 aliphatic carbocycles. The summed E-state index contributed by atoms with van der Waals surface area (Å²) in [4.78, 5) is 12.4. The van der Waals surface area contributed by atoms with Crippen molar-refractivity contribution in [3.05, 3.63) is 66.2 Å². The van der Waals surface area contributed by atoms with Gasteiger partial charge in [-0.2, -0.15) is 5.10 Å². The number of rotatable bonds is 4. The van der Waals surface area contributed by atoms with Gasteiger partial charge in [0.2, 0.25) is 0 Å². The Hall–Kier alpha value is -3.08. The maximum absolute atomic E-state index is 12.4. The molecule has 4 rings (SSSR count). The van der Waals surface area contributed by atoms with Crippen LogP contribution in [0.15, 0.2) is 60.7 Å². The van der Waals surface area contributed by atoms with Gasteiger partial charge in [-0.3, -0.25) is 9.89 Å². The van der Waals surface area contributed by atoms with Crippen molar-refractivity contribution in [3.8, 4) is 5.75 Å². The minimum absolute atomic E-state index is 0.112. The molecule has 2 aromatic carbocycles. The van der Waals surface area contributed by atoms with Crippen LogP contribution in [0, 0.1) is 0 Å². The van der Waals surface area contributed by atoms with Gasteiger partial charge in [0.1, 0.15) is 11.9 Å². The summed E-state index contributed by atoms with van der Waals surface area (Å²) in [5, 5.41) is 10.9. The Morgan fingerprint density at radius 1 is 1.20 bits per heavy atom. The fourth-order valence-electron chi connectivity index (χ4n) is 2.99. The van der Waals surface area contributed by atoms with Gasteiger partial charge in [0.05, 0.1) is 5.52 Å². The number of fused-ring (bicyclic) bond motifs is 1. The lowest BCUT2D eigenvalue weighted by Crippen LogP contribution is -2.15. The normalized spacial score (nSPS) is 16.7. The molecule has 1 amide bonds. The van der Waals surface area contributed by atoms with Gasteiger partial charge in [-0.25, -0.2) is 0 Å². The topological polar surface area (TPSA) is 67.0 Å². The van der Waals surface area contributed by atoms with Gasteiger partial charge in [0.15, 0.2) is 5.82 Å². The van der Waals surface area contributed by atoms with Crippen molar-refractivity contribution >= 4 is 22.6 Å². The predicted molar refractivity (Wildman–Crippen MR) is 97.9 cm³/mol. The highest BCUT2D eigenvalue weighted by atomic mass is 16.5. The molecule has 1 heterocycles. The first-order chi connectivity index (χ1) is 12.3. The van der Waals surface area contributed by atoms with Crippen LogP contribution in [0.1, 0.15) is 29.6 Å². The third-order valence-electron chi connectivity index (χ3n) is 4.30. The molecule has 5 nitrogen and oxygen atoms in total. The molecule has 3 aromatic rings. The number of anilines is 1. The number of aromatic amines is 1. The van der Waals surface area contributed by atoms with E-state index in [0.29, 0.717) is 11.4 Å². The second kappa shape index (κ2) is 6.81. The first-order valence-electron chi connectivity index (χ1n) is 8.47. The molecule has 0 radical (unpaired) electrons. The molecule has 1 unspecified atom stereocenters. The lowest BCUT2D eigenvalue weighted by atomic mass is 10.1. The van der Waals surface area contributed by atoms with E-state index < -0.39 is 0 Å². The fourth-order valence-corrected chi connectivity index (χ4v) is 2.99. The van der Waals surface area contributed by atoms with E-state index >= 15 is 0 Å². The molecule has 1 aliphatic rings. The summed E-state index contributed by atoms with van der Waals surface area (Å²) < 4.78 is 6.04. The molecule has 1 atom stereocenters. The number of carbonyl (C=O) groups excluding carboxylic acids is 1. The van der Waals surface area contributed by atoms with E-state index in [9.17, 15) is 4.79 Å². The molecule has 0 saturated carbocycles.